The van der Waals surface area contributed by atoms with Crippen molar-refractivity contribution in [3.8, 4) is 12.3 Å². The fraction of sp³-hybridized carbons (Fsp3) is 0.556. The number of rotatable bonds is 3. The molecule has 0 aliphatic carbocycles. The first-order valence-electron chi connectivity index (χ1n) is 3.53. The van der Waals surface area contributed by atoms with E-state index in [2.05, 4.69) is 5.92 Å². The molecule has 1 unspecified atom stereocenters. The highest BCUT2D eigenvalue weighted by Crippen LogP contribution is 2.00. The van der Waals surface area contributed by atoms with Crippen molar-refractivity contribution in [2.75, 3.05) is 0 Å². The molecule has 1 nitrogen and oxygen atoms in total. The van der Waals surface area contributed by atoms with Crippen LogP contribution < -0.4 is 0 Å². The Bertz CT molecular complexity index is 151. The van der Waals surface area contributed by atoms with E-state index in [1.807, 2.05) is 13.8 Å². The molecule has 0 bridgehead atoms. The van der Waals surface area contributed by atoms with Crippen LogP contribution in [0.2, 0.25) is 0 Å². The molecule has 1 heteroatoms. The maximum atomic E-state index is 9.18. The number of terminal acetylenes is 1. The zero-order chi connectivity index (χ0) is 7.98. The Morgan fingerprint density at radius 3 is 2.80 bits per heavy atom. The van der Waals surface area contributed by atoms with Gasteiger partial charge in [-0.15, -0.1) is 6.42 Å². The molecule has 1 atom stereocenters. The van der Waals surface area contributed by atoms with Gasteiger partial charge in [0.15, 0.2) is 0 Å². The van der Waals surface area contributed by atoms with E-state index in [4.69, 9.17) is 6.42 Å². The van der Waals surface area contributed by atoms with E-state index in [0.717, 1.165) is 18.4 Å². The third-order valence-corrected chi connectivity index (χ3v) is 1.25. The SMILES string of the molecule is C#C/C(C)=C\C(O)CCC. The van der Waals surface area contributed by atoms with Crippen LogP contribution in [0.4, 0.5) is 0 Å². The number of aliphatic hydroxyl groups excluding tert-OH is 1. The van der Waals surface area contributed by atoms with Gasteiger partial charge in [0, 0.05) is 0 Å². The summed E-state index contributed by atoms with van der Waals surface area (Å²) >= 11 is 0. The molecule has 56 valence electrons. The van der Waals surface area contributed by atoms with Gasteiger partial charge >= 0.3 is 0 Å². The summed E-state index contributed by atoms with van der Waals surface area (Å²) in [6, 6.07) is 0. The summed E-state index contributed by atoms with van der Waals surface area (Å²) in [5.74, 6) is 2.46. The largest absolute Gasteiger partial charge is 0.389 e. The number of allylic oxidation sites excluding steroid dienone is 1. The highest BCUT2D eigenvalue weighted by Gasteiger charge is 1.96. The van der Waals surface area contributed by atoms with Crippen molar-refractivity contribution in [2.24, 2.45) is 0 Å². The number of aliphatic hydroxyl groups is 1. The van der Waals surface area contributed by atoms with Crippen LogP contribution in [0.5, 0.6) is 0 Å². The first-order valence-corrected chi connectivity index (χ1v) is 3.53. The van der Waals surface area contributed by atoms with Crippen LogP contribution in [0.1, 0.15) is 26.7 Å². The van der Waals surface area contributed by atoms with Gasteiger partial charge in [0.2, 0.25) is 0 Å². The summed E-state index contributed by atoms with van der Waals surface area (Å²) in [6.07, 6.45) is 8.21. The van der Waals surface area contributed by atoms with Crippen LogP contribution in [-0.2, 0) is 0 Å². The molecule has 0 spiro atoms. The third-order valence-electron chi connectivity index (χ3n) is 1.25. The van der Waals surface area contributed by atoms with Gasteiger partial charge in [-0.1, -0.05) is 19.3 Å². The van der Waals surface area contributed by atoms with Crippen molar-refractivity contribution in [1.29, 1.82) is 0 Å². The lowest BCUT2D eigenvalue weighted by molar-refractivity contribution is 0.211. The molecule has 0 heterocycles. The second-order valence-corrected chi connectivity index (χ2v) is 2.35. The van der Waals surface area contributed by atoms with E-state index in [1.165, 1.54) is 0 Å². The standard InChI is InChI=1S/C9H14O/c1-4-6-9(10)7-8(3)5-2/h2,7,9-10H,4,6H2,1,3H3/b8-7-. The topological polar surface area (TPSA) is 20.2 Å². The molecule has 1 N–H and O–H groups in total. The lowest BCUT2D eigenvalue weighted by Crippen LogP contribution is -2.01. The lowest BCUT2D eigenvalue weighted by Gasteiger charge is -2.01. The van der Waals surface area contributed by atoms with Crippen LogP contribution in [0.3, 0.4) is 0 Å². The highest BCUT2D eigenvalue weighted by atomic mass is 16.3. The van der Waals surface area contributed by atoms with Gasteiger partial charge in [-0.05, 0) is 25.0 Å². The van der Waals surface area contributed by atoms with Gasteiger partial charge in [-0.3, -0.25) is 0 Å². The van der Waals surface area contributed by atoms with Gasteiger partial charge in [-0.25, -0.2) is 0 Å². The zero-order valence-corrected chi connectivity index (χ0v) is 6.59. The van der Waals surface area contributed by atoms with Crippen molar-refractivity contribution in [3.05, 3.63) is 11.6 Å². The fourth-order valence-corrected chi connectivity index (χ4v) is 0.716. The second-order valence-electron chi connectivity index (χ2n) is 2.35. The number of hydrogen-bond acceptors (Lipinski definition) is 1. The van der Waals surface area contributed by atoms with E-state index in [0.29, 0.717) is 0 Å². The predicted molar refractivity (Wildman–Crippen MR) is 43.5 cm³/mol. The van der Waals surface area contributed by atoms with Gasteiger partial charge in [0.05, 0.1) is 6.10 Å². The van der Waals surface area contributed by atoms with Gasteiger partial charge in [-0.2, -0.15) is 0 Å². The molecule has 0 amide bonds. The average Bonchev–Trinajstić information content (AvgIpc) is 1.88. The maximum Gasteiger partial charge on any atom is 0.0732 e. The van der Waals surface area contributed by atoms with Crippen molar-refractivity contribution in [2.45, 2.75) is 32.8 Å². The monoisotopic (exact) mass is 138 g/mol. The molecule has 0 aromatic heterocycles. The highest BCUT2D eigenvalue weighted by molar-refractivity contribution is 5.23. The van der Waals surface area contributed by atoms with E-state index in [-0.39, 0.29) is 6.10 Å². The van der Waals surface area contributed by atoms with Crippen LogP contribution in [0, 0.1) is 12.3 Å². The van der Waals surface area contributed by atoms with Crippen molar-refractivity contribution >= 4 is 0 Å². The average molecular weight is 138 g/mol. The van der Waals surface area contributed by atoms with Crippen molar-refractivity contribution < 1.29 is 5.11 Å². The van der Waals surface area contributed by atoms with Crippen molar-refractivity contribution in [3.63, 3.8) is 0 Å². The van der Waals surface area contributed by atoms with Crippen LogP contribution in [0.25, 0.3) is 0 Å². The molecular formula is C9H14O. The Morgan fingerprint density at radius 2 is 2.40 bits per heavy atom. The van der Waals surface area contributed by atoms with E-state index < -0.39 is 0 Å². The quantitative estimate of drug-likeness (QED) is 0.589. The van der Waals surface area contributed by atoms with E-state index in [9.17, 15) is 5.11 Å². The molecule has 0 aromatic carbocycles. The molecule has 10 heavy (non-hydrogen) atoms. The molecule has 0 radical (unpaired) electrons. The summed E-state index contributed by atoms with van der Waals surface area (Å²) in [7, 11) is 0. The molecule has 0 aliphatic heterocycles. The van der Waals surface area contributed by atoms with Crippen LogP contribution >= 0.6 is 0 Å². The maximum absolute atomic E-state index is 9.18. The summed E-state index contributed by atoms with van der Waals surface area (Å²) in [6.45, 7) is 3.85. The first kappa shape index (κ1) is 9.26. The normalized spacial score (nSPS) is 14.4. The van der Waals surface area contributed by atoms with E-state index in [1.54, 1.807) is 6.08 Å². The van der Waals surface area contributed by atoms with Crippen LogP contribution in [0.15, 0.2) is 11.6 Å². The number of hydrogen-bond donors (Lipinski definition) is 1. The Balaban J connectivity index is 3.77. The molecule has 0 rings (SSSR count). The molecular weight excluding hydrogens is 124 g/mol. The molecule has 0 aromatic rings. The minimum atomic E-state index is -0.360. The molecule has 0 fully saturated rings. The zero-order valence-electron chi connectivity index (χ0n) is 6.59. The molecule has 0 aliphatic rings. The van der Waals surface area contributed by atoms with Gasteiger partial charge in [0.1, 0.15) is 0 Å². The van der Waals surface area contributed by atoms with Crippen molar-refractivity contribution in [1.82, 2.24) is 0 Å². The first-order chi connectivity index (χ1) is 4.70. The Kier molecular flexibility index (Phi) is 4.70. The molecule has 0 saturated heterocycles. The lowest BCUT2D eigenvalue weighted by atomic mass is 10.1. The fourth-order valence-electron chi connectivity index (χ4n) is 0.716. The summed E-state index contributed by atoms with van der Waals surface area (Å²) in [5.41, 5.74) is 0.806. The van der Waals surface area contributed by atoms with E-state index >= 15 is 0 Å². The van der Waals surface area contributed by atoms with Gasteiger partial charge in [0.25, 0.3) is 0 Å². The van der Waals surface area contributed by atoms with Crippen LogP contribution in [-0.4, -0.2) is 11.2 Å². The third kappa shape index (κ3) is 4.17. The Hall–Kier alpha value is -0.740. The Morgan fingerprint density at radius 1 is 1.80 bits per heavy atom. The summed E-state index contributed by atoms with van der Waals surface area (Å²) in [4.78, 5) is 0. The smallest absolute Gasteiger partial charge is 0.0732 e. The summed E-state index contributed by atoms with van der Waals surface area (Å²) in [5, 5.41) is 9.18. The summed E-state index contributed by atoms with van der Waals surface area (Å²) < 4.78 is 0. The molecule has 0 saturated carbocycles. The minimum absolute atomic E-state index is 0.360. The second kappa shape index (κ2) is 5.08. The van der Waals surface area contributed by atoms with Gasteiger partial charge < -0.3 is 5.11 Å². The minimum Gasteiger partial charge on any atom is -0.389 e. The predicted octanol–water partition coefficient (Wildman–Crippen LogP) is 1.73. The Labute approximate surface area is 62.8 Å².